The lowest BCUT2D eigenvalue weighted by molar-refractivity contribution is -0.580. The molecule has 0 fully saturated rings. The fourth-order valence-electron chi connectivity index (χ4n) is 0.342. The quantitative estimate of drug-likeness (QED) is 0.414. The van der Waals surface area contributed by atoms with E-state index in [0.29, 0.717) is 0 Å². The molecule has 0 aliphatic carbocycles. The molecule has 0 amide bonds. The molecule has 0 rings (SSSR count). The summed E-state index contributed by atoms with van der Waals surface area (Å²) in [6, 6.07) is 0. The van der Waals surface area contributed by atoms with E-state index < -0.39 is 23.2 Å². The Kier molecular flexibility index (Phi) is 2.74. The van der Waals surface area contributed by atoms with Gasteiger partial charge in [0.1, 0.15) is 12.7 Å². The zero-order valence-corrected chi connectivity index (χ0v) is 5.94. The first-order valence-corrected chi connectivity index (χ1v) is 2.88. The van der Waals surface area contributed by atoms with Crippen LogP contribution >= 0.6 is 0 Å². The molecule has 0 aromatic carbocycles. The fraction of sp³-hybridized carbons (Fsp3) is 1.00. The standard InChI is InChI=1S/C5H11NO4/c1-4(8)5(2,3-7)6(9)10/h4,7-8H,3H2,1-2H3/t4-,5-/m1/s1. The summed E-state index contributed by atoms with van der Waals surface area (Å²) in [5.74, 6) is 0. The van der Waals surface area contributed by atoms with Gasteiger partial charge >= 0.3 is 0 Å². The normalized spacial score (nSPS) is 19.6. The molecule has 0 unspecified atom stereocenters. The molecule has 5 nitrogen and oxygen atoms in total. The Labute approximate surface area is 58.4 Å². The second kappa shape index (κ2) is 2.94. The third-order valence-corrected chi connectivity index (χ3v) is 1.64. The van der Waals surface area contributed by atoms with Crippen molar-refractivity contribution in [3.8, 4) is 0 Å². The highest BCUT2D eigenvalue weighted by Gasteiger charge is 2.41. The molecule has 60 valence electrons. The maximum absolute atomic E-state index is 10.2. The predicted molar refractivity (Wildman–Crippen MR) is 34.2 cm³/mol. The Morgan fingerprint density at radius 1 is 1.80 bits per heavy atom. The molecule has 5 heteroatoms. The maximum Gasteiger partial charge on any atom is 0.267 e. The van der Waals surface area contributed by atoms with E-state index in [4.69, 9.17) is 10.2 Å². The van der Waals surface area contributed by atoms with Gasteiger partial charge in [-0.15, -0.1) is 0 Å². The Hall–Kier alpha value is -0.680. The number of nitro groups is 1. The highest BCUT2D eigenvalue weighted by molar-refractivity contribution is 4.78. The van der Waals surface area contributed by atoms with Crippen LogP contribution in [0.1, 0.15) is 13.8 Å². The zero-order valence-electron chi connectivity index (χ0n) is 5.94. The first kappa shape index (κ1) is 9.32. The van der Waals surface area contributed by atoms with Gasteiger partial charge in [0.15, 0.2) is 0 Å². The minimum absolute atomic E-state index is 0.655. The van der Waals surface area contributed by atoms with E-state index in [1.54, 1.807) is 0 Å². The lowest BCUT2D eigenvalue weighted by atomic mass is 9.99. The van der Waals surface area contributed by atoms with Crippen molar-refractivity contribution < 1.29 is 15.1 Å². The van der Waals surface area contributed by atoms with Gasteiger partial charge in [-0.2, -0.15) is 0 Å². The van der Waals surface area contributed by atoms with Gasteiger partial charge in [-0.1, -0.05) is 0 Å². The van der Waals surface area contributed by atoms with Crippen LogP contribution in [0.25, 0.3) is 0 Å². The van der Waals surface area contributed by atoms with Crippen LogP contribution < -0.4 is 0 Å². The van der Waals surface area contributed by atoms with Crippen LogP contribution in [0.4, 0.5) is 0 Å². The van der Waals surface area contributed by atoms with Crippen molar-refractivity contribution in [1.82, 2.24) is 0 Å². The van der Waals surface area contributed by atoms with E-state index in [2.05, 4.69) is 0 Å². The Balaban J connectivity index is 4.38. The van der Waals surface area contributed by atoms with E-state index >= 15 is 0 Å². The van der Waals surface area contributed by atoms with Crippen LogP contribution in [0.5, 0.6) is 0 Å². The van der Waals surface area contributed by atoms with Gasteiger partial charge < -0.3 is 10.2 Å². The topological polar surface area (TPSA) is 83.6 Å². The summed E-state index contributed by atoms with van der Waals surface area (Å²) in [4.78, 5) is 9.50. The van der Waals surface area contributed by atoms with Crippen molar-refractivity contribution in [3.63, 3.8) is 0 Å². The van der Waals surface area contributed by atoms with Gasteiger partial charge in [-0.25, -0.2) is 0 Å². The van der Waals surface area contributed by atoms with Crippen LogP contribution in [-0.2, 0) is 0 Å². The monoisotopic (exact) mass is 149 g/mol. The highest BCUT2D eigenvalue weighted by atomic mass is 16.6. The smallest absolute Gasteiger partial charge is 0.267 e. The highest BCUT2D eigenvalue weighted by Crippen LogP contribution is 2.12. The van der Waals surface area contributed by atoms with E-state index in [1.807, 2.05) is 0 Å². The molecule has 2 atom stereocenters. The molecule has 0 aliphatic heterocycles. The van der Waals surface area contributed by atoms with Crippen LogP contribution in [0.3, 0.4) is 0 Å². The molecular weight excluding hydrogens is 138 g/mol. The van der Waals surface area contributed by atoms with Gasteiger partial charge in [0, 0.05) is 11.8 Å². The van der Waals surface area contributed by atoms with Crippen LogP contribution in [0.2, 0.25) is 0 Å². The average molecular weight is 149 g/mol. The van der Waals surface area contributed by atoms with Crippen LogP contribution in [0.15, 0.2) is 0 Å². The third-order valence-electron chi connectivity index (χ3n) is 1.64. The first-order chi connectivity index (χ1) is 4.45. The van der Waals surface area contributed by atoms with Gasteiger partial charge in [0.2, 0.25) is 0 Å². The minimum atomic E-state index is -1.62. The largest absolute Gasteiger partial charge is 0.389 e. The molecule has 10 heavy (non-hydrogen) atoms. The maximum atomic E-state index is 10.2. The number of rotatable bonds is 3. The summed E-state index contributed by atoms with van der Waals surface area (Å²) in [5, 5.41) is 27.5. The number of hydrogen-bond donors (Lipinski definition) is 2. The molecule has 0 aromatic heterocycles. The predicted octanol–water partition coefficient (Wildman–Crippen LogP) is -0.605. The average Bonchev–Trinajstić information content (AvgIpc) is 1.85. The van der Waals surface area contributed by atoms with E-state index in [0.717, 1.165) is 0 Å². The lowest BCUT2D eigenvalue weighted by Gasteiger charge is -2.20. The van der Waals surface area contributed by atoms with Crippen molar-refractivity contribution in [2.24, 2.45) is 0 Å². The van der Waals surface area contributed by atoms with Gasteiger partial charge in [0.05, 0.1) is 0 Å². The zero-order chi connectivity index (χ0) is 8.36. The first-order valence-electron chi connectivity index (χ1n) is 2.88. The molecule has 0 aromatic rings. The molecule has 0 saturated carbocycles. The van der Waals surface area contributed by atoms with Gasteiger partial charge in [0.25, 0.3) is 5.54 Å². The number of hydrogen-bond acceptors (Lipinski definition) is 4. The Morgan fingerprint density at radius 3 is 2.20 bits per heavy atom. The molecule has 0 spiro atoms. The van der Waals surface area contributed by atoms with Crippen molar-refractivity contribution >= 4 is 0 Å². The number of aliphatic hydroxyl groups is 2. The summed E-state index contributed by atoms with van der Waals surface area (Å²) in [7, 11) is 0. The van der Waals surface area contributed by atoms with Crippen molar-refractivity contribution in [1.29, 1.82) is 0 Å². The molecule has 0 heterocycles. The molecule has 0 saturated heterocycles. The fourth-order valence-corrected chi connectivity index (χ4v) is 0.342. The van der Waals surface area contributed by atoms with Crippen molar-refractivity contribution in [2.75, 3.05) is 6.61 Å². The van der Waals surface area contributed by atoms with Crippen LogP contribution in [-0.4, -0.2) is 33.4 Å². The van der Waals surface area contributed by atoms with Gasteiger partial charge in [-0.05, 0) is 6.92 Å². The SMILES string of the molecule is C[C@@H](O)[C@@](C)(CO)[N+](=O)[O-]. The summed E-state index contributed by atoms with van der Waals surface area (Å²) in [6.45, 7) is 1.81. The number of nitrogens with zero attached hydrogens (tertiary/aromatic N) is 1. The molecule has 0 radical (unpaired) electrons. The van der Waals surface area contributed by atoms with Crippen LogP contribution in [0, 0.1) is 10.1 Å². The summed E-state index contributed by atoms with van der Waals surface area (Å²) >= 11 is 0. The lowest BCUT2D eigenvalue weighted by Crippen LogP contribution is -2.48. The van der Waals surface area contributed by atoms with Crippen molar-refractivity contribution in [3.05, 3.63) is 10.1 Å². The van der Waals surface area contributed by atoms with Crippen molar-refractivity contribution in [2.45, 2.75) is 25.5 Å². The van der Waals surface area contributed by atoms with E-state index in [1.165, 1.54) is 13.8 Å². The minimum Gasteiger partial charge on any atom is -0.389 e. The summed E-state index contributed by atoms with van der Waals surface area (Å²) in [5.41, 5.74) is -1.62. The second-order valence-electron chi connectivity index (χ2n) is 2.45. The Morgan fingerprint density at radius 2 is 2.20 bits per heavy atom. The molecule has 2 N–H and O–H groups in total. The summed E-state index contributed by atoms with van der Waals surface area (Å²) < 4.78 is 0. The van der Waals surface area contributed by atoms with Gasteiger partial charge in [-0.3, -0.25) is 10.1 Å². The molecule has 0 aliphatic rings. The second-order valence-corrected chi connectivity index (χ2v) is 2.45. The van der Waals surface area contributed by atoms with E-state index in [-0.39, 0.29) is 0 Å². The Bertz CT molecular complexity index is 136. The molecule has 0 bridgehead atoms. The summed E-state index contributed by atoms with van der Waals surface area (Å²) in [6.07, 6.45) is -1.15. The van der Waals surface area contributed by atoms with E-state index in [9.17, 15) is 10.1 Å². The number of aliphatic hydroxyl groups excluding tert-OH is 2. The third kappa shape index (κ3) is 1.43. The molecular formula is C5H11NO4.